The van der Waals surface area contributed by atoms with E-state index in [-0.39, 0.29) is 6.04 Å². The van der Waals surface area contributed by atoms with E-state index < -0.39 is 0 Å². The van der Waals surface area contributed by atoms with Crippen molar-refractivity contribution >= 4 is 15.9 Å². The second-order valence-electron chi connectivity index (χ2n) is 4.85. The molecule has 2 aromatic rings. The van der Waals surface area contributed by atoms with Gasteiger partial charge in [0.1, 0.15) is 0 Å². The van der Waals surface area contributed by atoms with Crippen LogP contribution in [-0.2, 0) is 6.42 Å². The highest BCUT2D eigenvalue weighted by atomic mass is 79.9. The van der Waals surface area contributed by atoms with E-state index >= 15 is 0 Å². The van der Waals surface area contributed by atoms with Crippen molar-refractivity contribution in [3.05, 3.63) is 52.3 Å². The molecular formula is C14H19BrN4. The van der Waals surface area contributed by atoms with Crippen LogP contribution in [0.3, 0.4) is 0 Å². The van der Waals surface area contributed by atoms with Crippen molar-refractivity contribution in [3.8, 4) is 0 Å². The predicted molar refractivity (Wildman–Crippen MR) is 80.5 cm³/mol. The van der Waals surface area contributed by atoms with Crippen LogP contribution in [0, 0.1) is 0 Å². The Kier molecular flexibility index (Phi) is 4.74. The maximum Gasteiger partial charge on any atom is 0.0669 e. The minimum absolute atomic E-state index is 0.0548. The quantitative estimate of drug-likeness (QED) is 0.657. The number of hydrogen-bond donors (Lipinski definition) is 2. The van der Waals surface area contributed by atoms with Gasteiger partial charge in [-0.1, -0.05) is 28.1 Å². The molecule has 0 radical (unpaired) electrons. The minimum Gasteiger partial charge on any atom is -0.271 e. The average Bonchev–Trinajstić information content (AvgIpc) is 2.85. The Morgan fingerprint density at radius 3 is 2.79 bits per heavy atom. The van der Waals surface area contributed by atoms with Crippen LogP contribution < -0.4 is 11.3 Å². The van der Waals surface area contributed by atoms with Crippen molar-refractivity contribution in [2.75, 3.05) is 0 Å². The summed E-state index contributed by atoms with van der Waals surface area (Å²) in [4.78, 5) is 0. The first-order valence-corrected chi connectivity index (χ1v) is 7.15. The topological polar surface area (TPSA) is 55.9 Å². The summed E-state index contributed by atoms with van der Waals surface area (Å²) in [5.41, 5.74) is 5.23. The number of benzene rings is 1. The van der Waals surface area contributed by atoms with E-state index in [0.717, 1.165) is 16.6 Å². The number of aromatic nitrogens is 2. The molecule has 3 N–H and O–H groups in total. The number of nitrogens with one attached hydrogen (secondary N) is 1. The minimum atomic E-state index is 0.0548. The van der Waals surface area contributed by atoms with Gasteiger partial charge in [0.05, 0.1) is 11.7 Å². The fourth-order valence-electron chi connectivity index (χ4n) is 2.18. The molecular weight excluding hydrogens is 304 g/mol. The van der Waals surface area contributed by atoms with Gasteiger partial charge in [-0.3, -0.25) is 16.0 Å². The molecule has 0 amide bonds. The second kappa shape index (κ2) is 6.32. The molecule has 0 aliphatic heterocycles. The molecule has 0 fully saturated rings. The van der Waals surface area contributed by atoms with Gasteiger partial charge < -0.3 is 0 Å². The molecule has 0 bridgehead atoms. The largest absolute Gasteiger partial charge is 0.271 e. The van der Waals surface area contributed by atoms with E-state index in [1.54, 1.807) is 0 Å². The van der Waals surface area contributed by atoms with Crippen molar-refractivity contribution in [2.24, 2.45) is 5.84 Å². The molecule has 1 unspecified atom stereocenters. The average molecular weight is 323 g/mol. The van der Waals surface area contributed by atoms with Gasteiger partial charge in [-0.2, -0.15) is 5.10 Å². The summed E-state index contributed by atoms with van der Waals surface area (Å²) in [5.74, 6) is 5.72. The van der Waals surface area contributed by atoms with E-state index in [9.17, 15) is 0 Å². The number of rotatable bonds is 5. The van der Waals surface area contributed by atoms with Crippen LogP contribution in [0.2, 0.25) is 0 Å². The van der Waals surface area contributed by atoms with E-state index in [0.29, 0.717) is 6.04 Å². The zero-order valence-electron chi connectivity index (χ0n) is 11.2. The number of nitrogens with zero attached hydrogens (tertiary/aromatic N) is 2. The lowest BCUT2D eigenvalue weighted by molar-refractivity contribution is 0.448. The Hall–Kier alpha value is -1.17. The molecule has 1 atom stereocenters. The Morgan fingerprint density at radius 2 is 2.16 bits per heavy atom. The SMILES string of the molecule is CC(C)n1nccc1C(Cc1cccc(Br)c1)NN. The van der Waals surface area contributed by atoms with Crippen molar-refractivity contribution in [1.82, 2.24) is 15.2 Å². The van der Waals surface area contributed by atoms with Crippen LogP contribution in [0.15, 0.2) is 41.0 Å². The standard InChI is InChI=1S/C14H19BrN4/c1-10(2)19-14(6-7-17-19)13(18-16)9-11-4-3-5-12(15)8-11/h3-8,10,13,18H,9,16H2,1-2H3. The van der Waals surface area contributed by atoms with Gasteiger partial charge in [-0.25, -0.2) is 0 Å². The lowest BCUT2D eigenvalue weighted by Gasteiger charge is -2.19. The zero-order valence-corrected chi connectivity index (χ0v) is 12.8. The van der Waals surface area contributed by atoms with Crippen molar-refractivity contribution in [1.29, 1.82) is 0 Å². The molecule has 102 valence electrons. The first-order valence-electron chi connectivity index (χ1n) is 6.35. The third kappa shape index (κ3) is 3.43. The van der Waals surface area contributed by atoms with Crippen LogP contribution in [0.1, 0.15) is 37.2 Å². The van der Waals surface area contributed by atoms with Gasteiger partial charge >= 0.3 is 0 Å². The molecule has 0 saturated carbocycles. The molecule has 0 aliphatic rings. The maximum absolute atomic E-state index is 5.72. The highest BCUT2D eigenvalue weighted by Crippen LogP contribution is 2.21. The van der Waals surface area contributed by atoms with Crippen molar-refractivity contribution in [3.63, 3.8) is 0 Å². The summed E-state index contributed by atoms with van der Waals surface area (Å²) >= 11 is 3.49. The molecule has 0 saturated heterocycles. The lowest BCUT2D eigenvalue weighted by atomic mass is 10.0. The summed E-state index contributed by atoms with van der Waals surface area (Å²) in [6, 6.07) is 10.7. The van der Waals surface area contributed by atoms with Crippen LogP contribution in [0.25, 0.3) is 0 Å². The lowest BCUT2D eigenvalue weighted by Crippen LogP contribution is -2.31. The predicted octanol–water partition coefficient (Wildman–Crippen LogP) is 2.97. The van der Waals surface area contributed by atoms with Gasteiger partial charge in [-0.05, 0) is 44.0 Å². The first-order chi connectivity index (χ1) is 9.11. The maximum atomic E-state index is 5.72. The number of nitrogens with two attached hydrogens (primary N) is 1. The number of halogens is 1. The summed E-state index contributed by atoms with van der Waals surface area (Å²) < 4.78 is 3.08. The molecule has 0 spiro atoms. The first kappa shape index (κ1) is 14.2. The normalized spacial score (nSPS) is 12.9. The van der Waals surface area contributed by atoms with E-state index in [1.165, 1.54) is 5.56 Å². The van der Waals surface area contributed by atoms with E-state index in [4.69, 9.17) is 5.84 Å². The number of hydrazine groups is 1. The van der Waals surface area contributed by atoms with Gasteiger partial charge in [0.15, 0.2) is 0 Å². The van der Waals surface area contributed by atoms with Crippen molar-refractivity contribution in [2.45, 2.75) is 32.4 Å². The third-order valence-corrected chi connectivity index (χ3v) is 3.57. The fourth-order valence-corrected chi connectivity index (χ4v) is 2.63. The smallest absolute Gasteiger partial charge is 0.0669 e. The molecule has 1 aromatic heterocycles. The molecule has 0 aliphatic carbocycles. The number of hydrogen-bond acceptors (Lipinski definition) is 3. The van der Waals surface area contributed by atoms with Crippen LogP contribution in [0.5, 0.6) is 0 Å². The van der Waals surface area contributed by atoms with Gasteiger partial charge in [0.2, 0.25) is 0 Å². The Morgan fingerprint density at radius 1 is 1.37 bits per heavy atom. The Balaban J connectivity index is 2.23. The molecule has 1 heterocycles. The Bertz CT molecular complexity index is 536. The fraction of sp³-hybridized carbons (Fsp3) is 0.357. The molecule has 19 heavy (non-hydrogen) atoms. The van der Waals surface area contributed by atoms with E-state index in [1.807, 2.05) is 29.1 Å². The zero-order chi connectivity index (χ0) is 13.8. The highest BCUT2D eigenvalue weighted by molar-refractivity contribution is 9.10. The summed E-state index contributed by atoms with van der Waals surface area (Å²) in [6.45, 7) is 4.23. The highest BCUT2D eigenvalue weighted by Gasteiger charge is 2.16. The molecule has 2 rings (SSSR count). The second-order valence-corrected chi connectivity index (χ2v) is 5.76. The summed E-state index contributed by atoms with van der Waals surface area (Å²) in [7, 11) is 0. The van der Waals surface area contributed by atoms with Gasteiger partial charge in [0.25, 0.3) is 0 Å². The van der Waals surface area contributed by atoms with Crippen LogP contribution in [-0.4, -0.2) is 9.78 Å². The van der Waals surface area contributed by atoms with Crippen molar-refractivity contribution < 1.29 is 0 Å². The van der Waals surface area contributed by atoms with Gasteiger partial charge in [-0.15, -0.1) is 0 Å². The van der Waals surface area contributed by atoms with Crippen LogP contribution >= 0.6 is 15.9 Å². The molecule has 4 nitrogen and oxygen atoms in total. The summed E-state index contributed by atoms with van der Waals surface area (Å²) in [6.07, 6.45) is 2.65. The monoisotopic (exact) mass is 322 g/mol. The molecule has 5 heteroatoms. The molecule has 1 aromatic carbocycles. The summed E-state index contributed by atoms with van der Waals surface area (Å²) in [5, 5.41) is 4.36. The third-order valence-electron chi connectivity index (χ3n) is 3.08. The Labute approximate surface area is 122 Å². The van der Waals surface area contributed by atoms with Gasteiger partial charge in [0, 0.05) is 16.7 Å². The van der Waals surface area contributed by atoms with E-state index in [2.05, 4.69) is 52.4 Å². The van der Waals surface area contributed by atoms with Crippen LogP contribution in [0.4, 0.5) is 0 Å².